The molecule has 0 amide bonds. The predicted octanol–water partition coefficient (Wildman–Crippen LogP) is 2.79. The van der Waals surface area contributed by atoms with Crippen molar-refractivity contribution in [3.63, 3.8) is 0 Å². The average molecular weight is 392 g/mol. The van der Waals surface area contributed by atoms with Crippen molar-refractivity contribution in [3.8, 4) is 11.5 Å². The minimum atomic E-state index is -0.602. The third kappa shape index (κ3) is 4.67. The van der Waals surface area contributed by atoms with Crippen LogP contribution in [0.1, 0.15) is 39.2 Å². The zero-order valence-electron chi connectivity index (χ0n) is 16.9. The van der Waals surface area contributed by atoms with E-state index in [1.165, 1.54) is 6.34 Å². The van der Waals surface area contributed by atoms with Crippen molar-refractivity contribution < 1.29 is 28.5 Å². The first-order chi connectivity index (χ1) is 13.3. The smallest absolute Gasteiger partial charge is 0.314 e. The van der Waals surface area contributed by atoms with E-state index in [9.17, 15) is 10.0 Å². The first kappa shape index (κ1) is 20.3. The number of ether oxygens (including phenoxy) is 4. The summed E-state index contributed by atoms with van der Waals surface area (Å²) in [6.45, 7) is 7.08. The maximum absolute atomic E-state index is 12.6. The lowest BCUT2D eigenvalue weighted by atomic mass is 9.98. The van der Waals surface area contributed by atoms with E-state index in [1.807, 2.05) is 0 Å². The van der Waals surface area contributed by atoms with Crippen LogP contribution in [0.3, 0.4) is 0 Å². The molecule has 0 spiro atoms. The van der Waals surface area contributed by atoms with Crippen LogP contribution in [0.5, 0.6) is 11.5 Å². The van der Waals surface area contributed by atoms with E-state index in [2.05, 4.69) is 0 Å². The van der Waals surface area contributed by atoms with Crippen LogP contribution in [-0.4, -0.2) is 55.1 Å². The third-order valence-electron chi connectivity index (χ3n) is 4.70. The van der Waals surface area contributed by atoms with Crippen LogP contribution in [0.15, 0.2) is 12.1 Å². The molecule has 0 N–H and O–H groups in total. The first-order valence-corrected chi connectivity index (χ1v) is 9.46. The molecule has 8 heteroatoms. The summed E-state index contributed by atoms with van der Waals surface area (Å²) in [6, 6.07) is 3.49. The summed E-state index contributed by atoms with van der Waals surface area (Å²) in [7, 11) is 1.56. The molecule has 2 aliphatic heterocycles. The van der Waals surface area contributed by atoms with Crippen LogP contribution >= 0.6 is 0 Å². The van der Waals surface area contributed by atoms with Gasteiger partial charge in [0.1, 0.15) is 29.8 Å². The summed E-state index contributed by atoms with van der Waals surface area (Å²) in [5, 5.41) is 12.6. The molecule has 0 aromatic heterocycles. The average Bonchev–Trinajstić information content (AvgIpc) is 2.66. The molecule has 0 atom stereocenters. The summed E-state index contributed by atoms with van der Waals surface area (Å²) in [4.78, 5) is 13.7. The molecule has 8 nitrogen and oxygen atoms in total. The van der Waals surface area contributed by atoms with Crippen molar-refractivity contribution in [2.75, 3.05) is 27.1 Å². The van der Waals surface area contributed by atoms with Gasteiger partial charge in [-0.25, -0.2) is 9.64 Å². The number of nitrogens with zero attached hydrogens (tertiary/aromatic N) is 2. The first-order valence-electron chi connectivity index (χ1n) is 9.46. The van der Waals surface area contributed by atoms with Crippen LogP contribution in [-0.2, 0) is 20.8 Å². The fourth-order valence-corrected chi connectivity index (χ4v) is 3.05. The second-order valence-electron chi connectivity index (χ2n) is 8.05. The van der Waals surface area contributed by atoms with Crippen molar-refractivity contribution >= 4 is 18.0 Å². The van der Waals surface area contributed by atoms with Gasteiger partial charge in [0.2, 0.25) is 13.1 Å². The van der Waals surface area contributed by atoms with E-state index in [0.717, 1.165) is 23.1 Å². The van der Waals surface area contributed by atoms with E-state index in [4.69, 9.17) is 18.9 Å². The highest BCUT2D eigenvalue weighted by Gasteiger charge is 2.29. The molecule has 0 bridgehead atoms. The summed E-state index contributed by atoms with van der Waals surface area (Å²) in [5.74, 6) is 0.850. The molecule has 0 saturated carbocycles. The number of esters is 1. The number of hydrogen-bond acceptors (Lipinski definition) is 7. The van der Waals surface area contributed by atoms with Gasteiger partial charge in [0.05, 0.1) is 31.3 Å². The maximum atomic E-state index is 12.6. The summed E-state index contributed by atoms with van der Waals surface area (Å²) >= 11 is 0. The number of hydrogen-bond donors (Lipinski definition) is 0. The van der Waals surface area contributed by atoms with Crippen LogP contribution in [0, 0.1) is 10.6 Å². The maximum Gasteiger partial charge on any atom is 0.314 e. The van der Waals surface area contributed by atoms with Gasteiger partial charge < -0.3 is 24.2 Å². The van der Waals surface area contributed by atoms with Gasteiger partial charge in [0.25, 0.3) is 0 Å². The van der Waals surface area contributed by atoms with E-state index in [0.29, 0.717) is 36.9 Å². The van der Waals surface area contributed by atoms with E-state index in [-0.39, 0.29) is 18.8 Å². The Morgan fingerprint density at radius 3 is 2.68 bits per heavy atom. The van der Waals surface area contributed by atoms with Gasteiger partial charge in [0, 0.05) is 25.0 Å². The van der Waals surface area contributed by atoms with Gasteiger partial charge in [-0.15, -0.1) is 0 Å². The molecular weight excluding hydrogens is 364 g/mol. The topological polar surface area (TPSA) is 83.3 Å². The van der Waals surface area contributed by atoms with E-state index < -0.39 is 5.41 Å². The quantitative estimate of drug-likeness (QED) is 0.433. The molecule has 2 aliphatic rings. The lowest BCUT2D eigenvalue weighted by Gasteiger charge is -2.29. The zero-order valence-corrected chi connectivity index (χ0v) is 16.9. The lowest BCUT2D eigenvalue weighted by molar-refractivity contribution is -0.367. The van der Waals surface area contributed by atoms with Gasteiger partial charge in [-0.05, 0) is 20.8 Å². The van der Waals surface area contributed by atoms with Crippen molar-refractivity contribution in [1.82, 2.24) is 4.90 Å². The minimum absolute atomic E-state index is 0.00296. The number of carbonyl (C=O) groups is 1. The molecule has 0 radical (unpaired) electrons. The molecule has 1 aromatic carbocycles. The van der Waals surface area contributed by atoms with Crippen LogP contribution in [0.25, 0.3) is 0 Å². The van der Waals surface area contributed by atoms with Crippen LogP contribution in [0.2, 0.25) is 0 Å². The number of carbonyl (C=O) groups excluding carboxylic acids is 1. The second kappa shape index (κ2) is 8.26. The molecule has 1 fully saturated rings. The normalized spacial score (nSPS) is 17.6. The molecule has 2 heterocycles. The Bertz CT molecular complexity index is 750. The molecule has 154 valence electrons. The van der Waals surface area contributed by atoms with Crippen LogP contribution < -0.4 is 9.47 Å². The van der Waals surface area contributed by atoms with Gasteiger partial charge in [-0.2, -0.15) is 0 Å². The van der Waals surface area contributed by atoms with Crippen molar-refractivity contribution in [2.45, 2.75) is 46.3 Å². The summed E-state index contributed by atoms with van der Waals surface area (Å²) in [6.07, 6.45) is 3.01. The SMILES string of the molecule is COc1cc(OC2CCOCC2)c2c(c1)[N+]([O-])=CN(COC(=O)C(C)(C)C)C2. The number of methoxy groups -OCH3 is 1. The lowest BCUT2D eigenvalue weighted by Crippen LogP contribution is -2.35. The summed E-state index contributed by atoms with van der Waals surface area (Å²) in [5.41, 5.74) is 0.617. The minimum Gasteiger partial charge on any atom is -0.711 e. The number of rotatable bonds is 5. The zero-order chi connectivity index (χ0) is 20.3. The highest BCUT2D eigenvalue weighted by atomic mass is 16.5. The molecule has 1 saturated heterocycles. The predicted molar refractivity (Wildman–Crippen MR) is 103 cm³/mol. The largest absolute Gasteiger partial charge is 0.711 e. The molecule has 0 unspecified atom stereocenters. The fraction of sp³-hybridized carbons (Fsp3) is 0.600. The molecule has 3 rings (SSSR count). The Labute approximate surface area is 165 Å². The van der Waals surface area contributed by atoms with Crippen molar-refractivity contribution in [1.29, 1.82) is 0 Å². The Balaban J connectivity index is 1.81. The number of fused-ring (bicyclic) bond motifs is 1. The standard InChI is InChI=1S/C20H28N2O6/c1-20(2,3)19(23)27-13-21-11-16-17(22(24)12-21)9-15(25-4)10-18(16)28-14-5-7-26-8-6-14/h9-10,12,14H,5-8,11,13H2,1-4H3. The Morgan fingerprint density at radius 1 is 1.32 bits per heavy atom. The van der Waals surface area contributed by atoms with Gasteiger partial charge in [-0.1, -0.05) is 0 Å². The monoisotopic (exact) mass is 392 g/mol. The second-order valence-corrected chi connectivity index (χ2v) is 8.05. The number of benzene rings is 1. The van der Waals surface area contributed by atoms with Crippen LogP contribution in [0.4, 0.5) is 5.69 Å². The van der Waals surface area contributed by atoms with E-state index >= 15 is 0 Å². The molecule has 1 aromatic rings. The van der Waals surface area contributed by atoms with Crippen molar-refractivity contribution in [2.24, 2.45) is 5.41 Å². The molecule has 0 aliphatic carbocycles. The van der Waals surface area contributed by atoms with Gasteiger partial charge in [-0.3, -0.25) is 4.79 Å². The Hall–Kier alpha value is -2.48. The van der Waals surface area contributed by atoms with E-state index in [1.54, 1.807) is 44.9 Å². The highest BCUT2D eigenvalue weighted by molar-refractivity contribution is 5.75. The van der Waals surface area contributed by atoms with Gasteiger partial charge >= 0.3 is 5.97 Å². The fourth-order valence-electron chi connectivity index (χ4n) is 3.05. The Kier molecular flexibility index (Phi) is 5.98. The highest BCUT2D eigenvalue weighted by Crippen LogP contribution is 2.37. The van der Waals surface area contributed by atoms with Gasteiger partial charge in [0.15, 0.2) is 0 Å². The third-order valence-corrected chi connectivity index (χ3v) is 4.70. The molecule has 28 heavy (non-hydrogen) atoms. The Morgan fingerprint density at radius 2 is 2.04 bits per heavy atom. The molecular formula is C20H28N2O6. The van der Waals surface area contributed by atoms with Crippen molar-refractivity contribution in [3.05, 3.63) is 22.9 Å². The summed E-state index contributed by atoms with van der Waals surface area (Å²) < 4.78 is 23.0.